The van der Waals surface area contributed by atoms with Gasteiger partial charge in [0.15, 0.2) is 0 Å². The molecule has 3 nitrogen and oxygen atoms in total. The van der Waals surface area contributed by atoms with Crippen LogP contribution in [0.3, 0.4) is 0 Å². The summed E-state index contributed by atoms with van der Waals surface area (Å²) in [5.41, 5.74) is 5.32. The number of nitrogens with zero attached hydrogens (tertiary/aromatic N) is 3. The monoisotopic (exact) mass is 277 g/mol. The quantitative estimate of drug-likeness (QED) is 0.804. The lowest BCUT2D eigenvalue weighted by Gasteiger charge is -2.19. The number of thiazole rings is 1. The highest BCUT2D eigenvalue weighted by atomic mass is 35.5. The molecule has 0 aliphatic heterocycles. The topological polar surface area (TPSA) is 39.9 Å². The molecule has 1 aromatic heterocycles. The Morgan fingerprint density at radius 3 is 2.94 bits per heavy atom. The van der Waals surface area contributed by atoms with Crippen molar-refractivity contribution in [2.75, 3.05) is 11.9 Å². The van der Waals surface area contributed by atoms with E-state index in [9.17, 15) is 5.26 Å². The first-order valence-electron chi connectivity index (χ1n) is 5.41. The van der Waals surface area contributed by atoms with Crippen LogP contribution in [0.2, 0.25) is 0 Å². The van der Waals surface area contributed by atoms with E-state index in [1.54, 1.807) is 11.3 Å². The van der Waals surface area contributed by atoms with E-state index in [1.165, 1.54) is 0 Å². The molecule has 2 aromatic rings. The Hall–Kier alpha value is -1.57. The summed E-state index contributed by atoms with van der Waals surface area (Å²) in [5.74, 6) is 0.421. The van der Waals surface area contributed by atoms with Crippen molar-refractivity contribution in [3.8, 4) is 6.07 Å². The Morgan fingerprint density at radius 1 is 1.50 bits per heavy atom. The van der Waals surface area contributed by atoms with Crippen molar-refractivity contribution in [3.05, 3.63) is 45.9 Å². The number of hydrogen-bond acceptors (Lipinski definition) is 4. The van der Waals surface area contributed by atoms with E-state index in [0.717, 1.165) is 16.9 Å². The molecule has 0 atom stereocenters. The number of benzene rings is 1. The van der Waals surface area contributed by atoms with Crippen LogP contribution in [-0.4, -0.2) is 12.0 Å². The molecule has 2 rings (SSSR count). The van der Waals surface area contributed by atoms with Gasteiger partial charge >= 0.3 is 0 Å². The third-order valence-electron chi connectivity index (χ3n) is 2.63. The van der Waals surface area contributed by atoms with Crippen LogP contribution in [0.25, 0.3) is 0 Å². The van der Waals surface area contributed by atoms with Crippen molar-refractivity contribution in [1.82, 2.24) is 4.98 Å². The molecule has 0 aliphatic carbocycles. The first kappa shape index (κ1) is 12.9. The summed E-state index contributed by atoms with van der Waals surface area (Å²) in [5, 5.41) is 11.2. The zero-order valence-electron chi connectivity index (χ0n) is 9.93. The maximum absolute atomic E-state index is 9.18. The minimum Gasteiger partial charge on any atom is -0.368 e. The van der Waals surface area contributed by atoms with Crippen LogP contribution in [0.5, 0.6) is 0 Å². The van der Waals surface area contributed by atoms with Crippen LogP contribution in [0.1, 0.15) is 16.8 Å². The normalized spacial score (nSPS) is 10.1. The maximum atomic E-state index is 9.18. The fourth-order valence-electron chi connectivity index (χ4n) is 1.73. The Labute approximate surface area is 115 Å². The largest absolute Gasteiger partial charge is 0.368 e. The number of halogens is 1. The highest BCUT2D eigenvalue weighted by Crippen LogP contribution is 2.22. The fourth-order valence-corrected chi connectivity index (χ4v) is 2.45. The molecule has 18 heavy (non-hydrogen) atoms. The van der Waals surface area contributed by atoms with Crippen molar-refractivity contribution in [2.45, 2.75) is 12.4 Å². The molecule has 0 spiro atoms. The fraction of sp³-hybridized carbons (Fsp3) is 0.231. The second-order valence-electron chi connectivity index (χ2n) is 3.93. The number of aromatic nitrogens is 1. The molecule has 0 bridgehead atoms. The third-order valence-corrected chi connectivity index (χ3v) is 3.57. The van der Waals surface area contributed by atoms with Gasteiger partial charge in [0.25, 0.3) is 0 Å². The summed E-state index contributed by atoms with van der Waals surface area (Å²) in [7, 11) is 1.95. The minimum absolute atomic E-state index is 0.421. The van der Waals surface area contributed by atoms with Crippen molar-refractivity contribution in [3.63, 3.8) is 0 Å². The van der Waals surface area contributed by atoms with Gasteiger partial charge in [-0.2, -0.15) is 5.26 Å². The lowest BCUT2D eigenvalue weighted by molar-refractivity contribution is 0.892. The minimum atomic E-state index is 0.421. The summed E-state index contributed by atoms with van der Waals surface area (Å²) in [4.78, 5) is 6.26. The van der Waals surface area contributed by atoms with E-state index in [-0.39, 0.29) is 0 Å². The summed E-state index contributed by atoms with van der Waals surface area (Å²) < 4.78 is 0. The Bertz CT molecular complexity index is 560. The van der Waals surface area contributed by atoms with Crippen LogP contribution >= 0.6 is 22.9 Å². The van der Waals surface area contributed by atoms with Gasteiger partial charge in [0.05, 0.1) is 29.0 Å². The molecule has 1 heterocycles. The van der Waals surface area contributed by atoms with E-state index in [1.807, 2.05) is 41.0 Å². The highest BCUT2D eigenvalue weighted by molar-refractivity contribution is 7.07. The zero-order valence-corrected chi connectivity index (χ0v) is 11.5. The van der Waals surface area contributed by atoms with E-state index in [0.29, 0.717) is 18.0 Å². The number of nitriles is 1. The number of rotatable bonds is 4. The van der Waals surface area contributed by atoms with Gasteiger partial charge in [0.1, 0.15) is 6.07 Å². The zero-order chi connectivity index (χ0) is 13.0. The molecule has 0 fully saturated rings. The van der Waals surface area contributed by atoms with Crippen molar-refractivity contribution in [1.29, 1.82) is 5.26 Å². The molecular formula is C13H12ClN3S. The summed E-state index contributed by atoms with van der Waals surface area (Å²) in [6, 6.07) is 7.92. The molecule has 0 aliphatic rings. The van der Waals surface area contributed by atoms with Gasteiger partial charge in [0, 0.05) is 18.3 Å². The van der Waals surface area contributed by atoms with Gasteiger partial charge in [0.2, 0.25) is 0 Å². The predicted molar refractivity (Wildman–Crippen MR) is 74.9 cm³/mol. The second-order valence-corrected chi connectivity index (χ2v) is 4.92. The molecular weight excluding hydrogens is 266 g/mol. The van der Waals surface area contributed by atoms with Gasteiger partial charge in [-0.3, -0.25) is 0 Å². The average Bonchev–Trinajstić information content (AvgIpc) is 2.90. The van der Waals surface area contributed by atoms with E-state index in [2.05, 4.69) is 11.1 Å². The summed E-state index contributed by atoms with van der Waals surface area (Å²) in [6.07, 6.45) is 0. The van der Waals surface area contributed by atoms with E-state index in [4.69, 9.17) is 11.6 Å². The van der Waals surface area contributed by atoms with Crippen molar-refractivity contribution < 1.29 is 0 Å². The van der Waals surface area contributed by atoms with Gasteiger partial charge < -0.3 is 4.90 Å². The third kappa shape index (κ3) is 2.81. The Balaban J connectivity index is 2.24. The molecule has 0 saturated heterocycles. The van der Waals surface area contributed by atoms with Crippen LogP contribution in [0.15, 0.2) is 29.1 Å². The summed E-state index contributed by atoms with van der Waals surface area (Å²) in [6.45, 7) is 0.693. The van der Waals surface area contributed by atoms with Gasteiger partial charge in [-0.05, 0) is 17.7 Å². The molecule has 0 N–H and O–H groups in total. The molecule has 0 saturated carbocycles. The number of alkyl halides is 1. The summed E-state index contributed by atoms with van der Waals surface area (Å²) >= 11 is 7.34. The van der Waals surface area contributed by atoms with Crippen molar-refractivity contribution in [2.24, 2.45) is 0 Å². The lowest BCUT2D eigenvalue weighted by Crippen LogP contribution is -2.17. The average molecular weight is 278 g/mol. The number of hydrogen-bond donors (Lipinski definition) is 0. The van der Waals surface area contributed by atoms with Gasteiger partial charge in [-0.25, -0.2) is 4.98 Å². The molecule has 1 aromatic carbocycles. The van der Waals surface area contributed by atoms with Crippen LogP contribution in [0.4, 0.5) is 5.69 Å². The first-order valence-corrected chi connectivity index (χ1v) is 6.89. The van der Waals surface area contributed by atoms with Crippen LogP contribution in [0, 0.1) is 11.3 Å². The lowest BCUT2D eigenvalue weighted by atomic mass is 10.1. The SMILES string of the molecule is CN(Cc1cscn1)c1ccc(CCl)cc1C#N. The molecule has 5 heteroatoms. The smallest absolute Gasteiger partial charge is 0.101 e. The second kappa shape index (κ2) is 5.85. The predicted octanol–water partition coefficient (Wildman–Crippen LogP) is 3.39. The van der Waals surface area contributed by atoms with Crippen molar-refractivity contribution >= 4 is 28.6 Å². The molecule has 92 valence electrons. The molecule has 0 amide bonds. The maximum Gasteiger partial charge on any atom is 0.101 e. The Kier molecular flexibility index (Phi) is 4.19. The molecule has 0 unspecified atom stereocenters. The Morgan fingerprint density at radius 2 is 2.33 bits per heavy atom. The first-order chi connectivity index (χ1) is 8.74. The standard InChI is InChI=1S/C13H12ClN3S/c1-17(7-12-8-18-9-16-12)13-3-2-10(5-14)4-11(13)6-15/h2-4,8-9H,5,7H2,1H3. The van der Waals surface area contributed by atoms with E-state index < -0.39 is 0 Å². The van der Waals surface area contributed by atoms with Crippen LogP contribution < -0.4 is 4.90 Å². The highest BCUT2D eigenvalue weighted by Gasteiger charge is 2.09. The molecule has 0 radical (unpaired) electrons. The number of anilines is 1. The van der Waals surface area contributed by atoms with Gasteiger partial charge in [-0.1, -0.05) is 6.07 Å². The van der Waals surface area contributed by atoms with Crippen LogP contribution in [-0.2, 0) is 12.4 Å². The van der Waals surface area contributed by atoms with E-state index >= 15 is 0 Å². The van der Waals surface area contributed by atoms with Gasteiger partial charge in [-0.15, -0.1) is 22.9 Å².